The number of unbranched alkanes of at least 4 members (excludes halogenated alkanes) is 3. The highest BCUT2D eigenvalue weighted by Crippen LogP contribution is 2.28. The van der Waals surface area contributed by atoms with E-state index in [2.05, 4.69) is 10.3 Å². The van der Waals surface area contributed by atoms with E-state index in [0.717, 1.165) is 48.9 Å². The Morgan fingerprint density at radius 3 is 2.76 bits per heavy atom. The van der Waals surface area contributed by atoms with Crippen LogP contribution in [0.15, 0.2) is 16.9 Å². The average molecular weight is 421 g/mol. The fourth-order valence-electron chi connectivity index (χ4n) is 4.25. The van der Waals surface area contributed by atoms with Crippen molar-refractivity contribution >= 4 is 21.6 Å². The normalized spacial score (nSPS) is 15.3. The summed E-state index contributed by atoms with van der Waals surface area (Å²) in [4.78, 5) is 14.1. The fourth-order valence-corrected chi connectivity index (χ4v) is 5.15. The Morgan fingerprint density at radius 1 is 1.07 bits per heavy atom. The van der Waals surface area contributed by atoms with E-state index in [-0.39, 0.29) is 10.6 Å². The molecule has 0 bridgehead atoms. The molecule has 0 unspecified atom stereocenters. The molecule has 6 heteroatoms. The number of nitrogens with one attached hydrogen (secondary N) is 2. The van der Waals surface area contributed by atoms with E-state index < -0.39 is 0 Å². The zero-order valence-corrected chi connectivity index (χ0v) is 18.3. The molecular weight excluding hydrogens is 384 g/mol. The number of hydrogen-bond donors (Lipinski definition) is 3. The predicted octanol–water partition coefficient (Wildman–Crippen LogP) is 4.97. The number of fused-ring (bicyclic) bond motifs is 1. The zero-order valence-electron chi connectivity index (χ0n) is 17.5. The number of ether oxygens (including phenoxy) is 1. The number of H-pyrrole nitrogens is 1. The van der Waals surface area contributed by atoms with Crippen molar-refractivity contribution in [3.63, 3.8) is 0 Å². The minimum atomic E-state index is -0.117. The third kappa shape index (κ3) is 7.43. The van der Waals surface area contributed by atoms with Crippen molar-refractivity contribution in [2.24, 2.45) is 5.92 Å². The van der Waals surface area contributed by atoms with Crippen molar-refractivity contribution in [2.45, 2.75) is 70.6 Å². The van der Waals surface area contributed by atoms with E-state index >= 15 is 0 Å². The molecule has 29 heavy (non-hydrogen) atoms. The molecule has 1 aromatic heterocycles. The van der Waals surface area contributed by atoms with E-state index in [9.17, 15) is 9.90 Å². The lowest BCUT2D eigenvalue weighted by Gasteiger charge is -2.21. The summed E-state index contributed by atoms with van der Waals surface area (Å²) in [7, 11) is 0. The Hall–Kier alpha value is -1.37. The maximum absolute atomic E-state index is 11.6. The molecule has 1 aromatic carbocycles. The lowest BCUT2D eigenvalue weighted by Crippen LogP contribution is -2.18. The van der Waals surface area contributed by atoms with Gasteiger partial charge in [0.25, 0.3) is 0 Å². The first-order valence-corrected chi connectivity index (χ1v) is 12.2. The van der Waals surface area contributed by atoms with Gasteiger partial charge in [-0.3, -0.25) is 4.79 Å². The molecule has 1 aliphatic rings. The van der Waals surface area contributed by atoms with E-state index in [1.54, 1.807) is 6.07 Å². The number of phenolic OH excluding ortho intramolecular Hbond substituents is 1. The van der Waals surface area contributed by atoms with Crippen molar-refractivity contribution in [3.05, 3.63) is 27.4 Å². The lowest BCUT2D eigenvalue weighted by atomic mass is 9.87. The summed E-state index contributed by atoms with van der Waals surface area (Å²) in [6.45, 7) is 3.77. The number of aromatic amines is 1. The van der Waals surface area contributed by atoms with Crippen LogP contribution in [0.4, 0.5) is 0 Å². The predicted molar refractivity (Wildman–Crippen MR) is 121 cm³/mol. The van der Waals surface area contributed by atoms with Gasteiger partial charge in [-0.15, -0.1) is 0 Å². The van der Waals surface area contributed by atoms with E-state index in [0.29, 0.717) is 5.52 Å². The standard InChI is InChI=1S/C23H36N2O3S/c26-20-11-10-19(22-21(20)25-23(27)29-22)12-15-24-14-6-1-2-7-16-28-17-13-18-8-4-3-5-9-18/h10-11,18,24,26H,1-9,12-17H2,(H,25,27). The highest BCUT2D eigenvalue weighted by molar-refractivity contribution is 7.16. The Bertz CT molecular complexity index is 780. The van der Waals surface area contributed by atoms with Gasteiger partial charge in [0.15, 0.2) is 0 Å². The molecule has 0 spiro atoms. The molecule has 0 radical (unpaired) electrons. The first-order valence-electron chi connectivity index (χ1n) is 11.4. The zero-order chi connectivity index (χ0) is 20.3. The van der Waals surface area contributed by atoms with Crippen molar-refractivity contribution in [2.75, 3.05) is 26.3 Å². The number of hydrogen-bond acceptors (Lipinski definition) is 5. The van der Waals surface area contributed by atoms with Crippen LogP contribution in [0.1, 0.15) is 69.8 Å². The summed E-state index contributed by atoms with van der Waals surface area (Å²) >= 11 is 1.17. The lowest BCUT2D eigenvalue weighted by molar-refractivity contribution is 0.110. The Morgan fingerprint density at radius 2 is 1.90 bits per heavy atom. The molecule has 5 nitrogen and oxygen atoms in total. The summed E-state index contributed by atoms with van der Waals surface area (Å²) in [5.41, 5.74) is 1.68. The van der Waals surface area contributed by atoms with Gasteiger partial charge in [-0.1, -0.05) is 62.3 Å². The maximum atomic E-state index is 11.6. The van der Waals surface area contributed by atoms with Gasteiger partial charge in [-0.2, -0.15) is 0 Å². The highest BCUT2D eigenvalue weighted by Gasteiger charge is 2.12. The largest absolute Gasteiger partial charge is 0.506 e. The Labute approximate surface area is 177 Å². The number of benzene rings is 1. The van der Waals surface area contributed by atoms with Crippen LogP contribution in [0, 0.1) is 5.92 Å². The summed E-state index contributed by atoms with van der Waals surface area (Å²) in [5, 5.41) is 13.3. The Balaban J connectivity index is 1.17. The number of phenols is 1. The van der Waals surface area contributed by atoms with Gasteiger partial charge in [-0.05, 0) is 56.3 Å². The van der Waals surface area contributed by atoms with Gasteiger partial charge in [0.1, 0.15) is 11.3 Å². The monoisotopic (exact) mass is 420 g/mol. The second-order valence-electron chi connectivity index (χ2n) is 8.28. The van der Waals surface area contributed by atoms with Crippen molar-refractivity contribution < 1.29 is 9.84 Å². The number of aromatic nitrogens is 1. The fraction of sp³-hybridized carbons (Fsp3) is 0.696. The molecule has 1 saturated carbocycles. The van der Waals surface area contributed by atoms with Gasteiger partial charge in [-0.25, -0.2) is 0 Å². The molecule has 1 heterocycles. The van der Waals surface area contributed by atoms with Crippen molar-refractivity contribution in [3.8, 4) is 5.75 Å². The van der Waals surface area contributed by atoms with Crippen LogP contribution in [-0.4, -0.2) is 36.4 Å². The van der Waals surface area contributed by atoms with Gasteiger partial charge in [0, 0.05) is 13.2 Å². The Kier molecular flexibility index (Phi) is 9.51. The highest BCUT2D eigenvalue weighted by atomic mass is 32.1. The number of thiazole rings is 1. The second-order valence-corrected chi connectivity index (χ2v) is 9.26. The topological polar surface area (TPSA) is 74.4 Å². The van der Waals surface area contributed by atoms with Crippen LogP contribution in [0.2, 0.25) is 0 Å². The molecule has 2 aromatic rings. The quantitative estimate of drug-likeness (QED) is 0.400. The molecule has 0 atom stereocenters. The van der Waals surface area contributed by atoms with Crippen LogP contribution < -0.4 is 10.2 Å². The third-order valence-corrected chi connectivity index (χ3v) is 6.96. The minimum Gasteiger partial charge on any atom is -0.506 e. The molecule has 3 N–H and O–H groups in total. The molecule has 3 rings (SSSR count). The van der Waals surface area contributed by atoms with Crippen LogP contribution >= 0.6 is 11.3 Å². The van der Waals surface area contributed by atoms with E-state index in [1.807, 2.05) is 6.07 Å². The smallest absolute Gasteiger partial charge is 0.305 e. The van der Waals surface area contributed by atoms with Gasteiger partial charge in [0.2, 0.25) is 0 Å². The SMILES string of the molecule is O=c1[nH]c2c(O)ccc(CCNCCCCCCOCCC3CCCCC3)c2s1. The number of rotatable bonds is 13. The van der Waals surface area contributed by atoms with Crippen LogP contribution in [0.3, 0.4) is 0 Å². The summed E-state index contributed by atoms with van der Waals surface area (Å²) in [6, 6.07) is 3.58. The molecular formula is C23H36N2O3S. The van der Waals surface area contributed by atoms with Crippen molar-refractivity contribution in [1.29, 1.82) is 0 Å². The summed E-state index contributed by atoms with van der Waals surface area (Å²) in [6.07, 6.45) is 14.1. The van der Waals surface area contributed by atoms with Crippen LogP contribution in [0.5, 0.6) is 5.75 Å². The first kappa shape index (κ1) is 22.3. The van der Waals surface area contributed by atoms with E-state index in [4.69, 9.17) is 4.74 Å². The second kappa shape index (κ2) is 12.4. The first-order chi connectivity index (χ1) is 14.2. The number of aromatic hydroxyl groups is 1. The van der Waals surface area contributed by atoms with Crippen molar-refractivity contribution in [1.82, 2.24) is 10.3 Å². The van der Waals surface area contributed by atoms with Crippen LogP contribution in [0.25, 0.3) is 10.2 Å². The molecule has 0 aliphatic heterocycles. The minimum absolute atomic E-state index is 0.117. The van der Waals surface area contributed by atoms with Gasteiger partial charge >= 0.3 is 4.87 Å². The maximum Gasteiger partial charge on any atom is 0.305 e. The molecule has 1 fully saturated rings. The van der Waals surface area contributed by atoms with Gasteiger partial charge < -0.3 is 20.1 Å². The molecule has 1 aliphatic carbocycles. The summed E-state index contributed by atoms with van der Waals surface area (Å²) in [5.74, 6) is 1.07. The third-order valence-electron chi connectivity index (χ3n) is 6.00. The van der Waals surface area contributed by atoms with E-state index in [1.165, 1.54) is 75.5 Å². The average Bonchev–Trinajstić information content (AvgIpc) is 3.13. The molecule has 162 valence electrons. The summed E-state index contributed by atoms with van der Waals surface area (Å²) < 4.78 is 6.69. The van der Waals surface area contributed by atoms with Crippen LogP contribution in [-0.2, 0) is 11.2 Å². The van der Waals surface area contributed by atoms with Gasteiger partial charge in [0.05, 0.1) is 4.70 Å². The molecule has 0 amide bonds. The molecule has 0 saturated heterocycles.